The van der Waals surface area contributed by atoms with Gasteiger partial charge in [0.05, 0.1) is 0 Å². The predicted octanol–water partition coefficient (Wildman–Crippen LogP) is 2.86. The maximum Gasteiger partial charge on any atom is 0.328 e. The molecule has 0 saturated heterocycles. The molecule has 0 atom stereocenters. The molecule has 0 aliphatic heterocycles. The number of hydrogen-bond acceptors (Lipinski definition) is 1. The third-order valence-electron chi connectivity index (χ3n) is 1.56. The molecule has 1 aromatic rings. The summed E-state index contributed by atoms with van der Waals surface area (Å²) in [6, 6.07) is 5.78. The van der Waals surface area contributed by atoms with Crippen molar-refractivity contribution in [3.63, 3.8) is 0 Å². The zero-order valence-electron chi connectivity index (χ0n) is 7.12. The molecule has 0 aliphatic carbocycles. The first-order chi connectivity index (χ1) is 6.09. The molecule has 0 heterocycles. The summed E-state index contributed by atoms with van der Waals surface area (Å²) in [6.07, 6.45) is 2.69. The average molecular weight is 241 g/mol. The third kappa shape index (κ3) is 3.03. The lowest BCUT2D eigenvalue weighted by molar-refractivity contribution is -0.131. The van der Waals surface area contributed by atoms with Crippen LogP contribution in [0.5, 0.6) is 0 Å². The van der Waals surface area contributed by atoms with E-state index in [-0.39, 0.29) is 0 Å². The van der Waals surface area contributed by atoms with Crippen LogP contribution in [0, 0.1) is 6.92 Å². The molecular formula is C10H9BrO2. The molecular weight excluding hydrogens is 232 g/mol. The molecule has 0 spiro atoms. The number of benzene rings is 1. The van der Waals surface area contributed by atoms with Crippen LogP contribution in [0.3, 0.4) is 0 Å². The van der Waals surface area contributed by atoms with E-state index in [0.29, 0.717) is 0 Å². The molecule has 13 heavy (non-hydrogen) atoms. The minimum atomic E-state index is -0.937. The summed E-state index contributed by atoms with van der Waals surface area (Å²) in [5.41, 5.74) is 1.98. The first-order valence-electron chi connectivity index (χ1n) is 3.77. The lowest BCUT2D eigenvalue weighted by atomic mass is 10.1. The van der Waals surface area contributed by atoms with Gasteiger partial charge in [0.25, 0.3) is 0 Å². The molecule has 0 aliphatic rings. The smallest absolute Gasteiger partial charge is 0.328 e. The van der Waals surface area contributed by atoms with Gasteiger partial charge >= 0.3 is 5.97 Å². The Morgan fingerprint density at radius 2 is 2.23 bits per heavy atom. The van der Waals surface area contributed by atoms with Crippen LogP contribution in [0.4, 0.5) is 0 Å². The van der Waals surface area contributed by atoms with Crippen molar-refractivity contribution in [1.82, 2.24) is 0 Å². The second kappa shape index (κ2) is 4.23. The second-order valence-corrected chi connectivity index (χ2v) is 3.55. The molecule has 0 unspecified atom stereocenters. The van der Waals surface area contributed by atoms with Crippen molar-refractivity contribution in [2.24, 2.45) is 0 Å². The van der Waals surface area contributed by atoms with E-state index < -0.39 is 5.97 Å². The Morgan fingerprint density at radius 1 is 1.54 bits per heavy atom. The van der Waals surface area contributed by atoms with Gasteiger partial charge in [0.15, 0.2) is 0 Å². The van der Waals surface area contributed by atoms with Crippen LogP contribution in [0.15, 0.2) is 28.7 Å². The van der Waals surface area contributed by atoms with Gasteiger partial charge in [0, 0.05) is 10.5 Å². The van der Waals surface area contributed by atoms with Crippen LogP contribution in [0.2, 0.25) is 0 Å². The van der Waals surface area contributed by atoms with E-state index in [1.165, 1.54) is 0 Å². The number of carbonyl (C=O) groups is 1. The predicted molar refractivity (Wildman–Crippen MR) is 55.5 cm³/mol. The zero-order chi connectivity index (χ0) is 9.84. The number of carboxylic acids is 1. The number of hydrogen-bond donors (Lipinski definition) is 1. The average Bonchev–Trinajstić information content (AvgIpc) is 2.06. The molecule has 0 aromatic heterocycles. The number of aryl methyl sites for hydroxylation is 1. The minimum absolute atomic E-state index is 0.877. The summed E-state index contributed by atoms with van der Waals surface area (Å²) in [5, 5.41) is 8.43. The molecule has 2 nitrogen and oxygen atoms in total. The molecule has 0 bridgehead atoms. The highest BCUT2D eigenvalue weighted by Crippen LogP contribution is 2.19. The maximum atomic E-state index is 10.3. The van der Waals surface area contributed by atoms with Gasteiger partial charge < -0.3 is 5.11 Å². The summed E-state index contributed by atoms with van der Waals surface area (Å²) in [4.78, 5) is 10.3. The number of halogens is 1. The summed E-state index contributed by atoms with van der Waals surface area (Å²) in [6.45, 7) is 1.96. The van der Waals surface area contributed by atoms with Gasteiger partial charge in [-0.15, -0.1) is 0 Å². The van der Waals surface area contributed by atoms with Gasteiger partial charge in [-0.05, 0) is 24.6 Å². The maximum absolute atomic E-state index is 10.3. The normalized spacial score (nSPS) is 10.6. The van der Waals surface area contributed by atoms with Crippen molar-refractivity contribution in [2.75, 3.05) is 0 Å². The molecule has 0 amide bonds. The van der Waals surface area contributed by atoms with E-state index >= 15 is 0 Å². The highest BCUT2D eigenvalue weighted by Gasteiger charge is 1.96. The number of rotatable bonds is 2. The quantitative estimate of drug-likeness (QED) is 0.808. The van der Waals surface area contributed by atoms with Crippen LogP contribution in [0.1, 0.15) is 11.1 Å². The minimum Gasteiger partial charge on any atom is -0.478 e. The number of aliphatic carboxylic acids is 1. The van der Waals surface area contributed by atoms with Crippen LogP contribution in [-0.2, 0) is 4.79 Å². The van der Waals surface area contributed by atoms with Gasteiger partial charge in [0.1, 0.15) is 0 Å². The van der Waals surface area contributed by atoms with Gasteiger partial charge in [-0.1, -0.05) is 33.6 Å². The van der Waals surface area contributed by atoms with Crippen molar-refractivity contribution in [1.29, 1.82) is 0 Å². The third-order valence-corrected chi connectivity index (χ3v) is 2.28. The highest BCUT2D eigenvalue weighted by molar-refractivity contribution is 9.10. The standard InChI is InChI=1S/C10H9BrO2/c1-7-2-4-9(11)8(6-7)3-5-10(12)13/h2-6H,1H3,(H,12,13)/b5-3+. The number of carboxylic acid groups (broad SMARTS) is 1. The van der Waals surface area contributed by atoms with E-state index in [0.717, 1.165) is 21.7 Å². The molecule has 0 radical (unpaired) electrons. The molecule has 0 fully saturated rings. The van der Waals surface area contributed by atoms with Gasteiger partial charge in [-0.2, -0.15) is 0 Å². The van der Waals surface area contributed by atoms with Gasteiger partial charge in [-0.3, -0.25) is 0 Å². The lowest BCUT2D eigenvalue weighted by Gasteiger charge is -1.98. The van der Waals surface area contributed by atoms with Crippen LogP contribution in [0.25, 0.3) is 6.08 Å². The lowest BCUT2D eigenvalue weighted by Crippen LogP contribution is -1.86. The topological polar surface area (TPSA) is 37.3 Å². The van der Waals surface area contributed by atoms with Crippen LogP contribution in [-0.4, -0.2) is 11.1 Å². The van der Waals surface area contributed by atoms with Crippen molar-refractivity contribution in [3.8, 4) is 0 Å². The van der Waals surface area contributed by atoms with Crippen molar-refractivity contribution in [3.05, 3.63) is 39.9 Å². The molecule has 1 N–H and O–H groups in total. The van der Waals surface area contributed by atoms with Crippen LogP contribution < -0.4 is 0 Å². The molecule has 0 saturated carbocycles. The first kappa shape index (κ1) is 9.99. The van der Waals surface area contributed by atoms with Crippen molar-refractivity contribution >= 4 is 28.0 Å². The van der Waals surface area contributed by atoms with Crippen molar-refractivity contribution < 1.29 is 9.90 Å². The Balaban J connectivity index is 3.00. The Kier molecular flexibility index (Phi) is 3.25. The Bertz CT molecular complexity index is 356. The largest absolute Gasteiger partial charge is 0.478 e. The van der Waals surface area contributed by atoms with Gasteiger partial charge in [0.2, 0.25) is 0 Å². The van der Waals surface area contributed by atoms with E-state index in [9.17, 15) is 4.79 Å². The molecule has 1 rings (SSSR count). The second-order valence-electron chi connectivity index (χ2n) is 2.70. The first-order valence-corrected chi connectivity index (χ1v) is 4.56. The summed E-state index contributed by atoms with van der Waals surface area (Å²) < 4.78 is 0.899. The fraction of sp³-hybridized carbons (Fsp3) is 0.100. The zero-order valence-corrected chi connectivity index (χ0v) is 8.71. The molecule has 3 heteroatoms. The Labute approximate surface area is 85.0 Å². The van der Waals surface area contributed by atoms with E-state index in [4.69, 9.17) is 5.11 Å². The summed E-state index contributed by atoms with van der Waals surface area (Å²) in [7, 11) is 0. The summed E-state index contributed by atoms with van der Waals surface area (Å²) >= 11 is 3.34. The van der Waals surface area contributed by atoms with Gasteiger partial charge in [-0.25, -0.2) is 4.79 Å². The SMILES string of the molecule is Cc1ccc(Br)c(/C=C/C(=O)O)c1. The van der Waals surface area contributed by atoms with E-state index in [1.54, 1.807) is 6.08 Å². The highest BCUT2D eigenvalue weighted by atomic mass is 79.9. The van der Waals surface area contributed by atoms with E-state index in [2.05, 4.69) is 15.9 Å². The molecule has 1 aromatic carbocycles. The van der Waals surface area contributed by atoms with Crippen molar-refractivity contribution in [2.45, 2.75) is 6.92 Å². The van der Waals surface area contributed by atoms with E-state index in [1.807, 2.05) is 25.1 Å². The molecule has 68 valence electrons. The Hall–Kier alpha value is -1.09. The van der Waals surface area contributed by atoms with Crippen LogP contribution >= 0.6 is 15.9 Å². The fourth-order valence-electron chi connectivity index (χ4n) is 0.952. The monoisotopic (exact) mass is 240 g/mol. The Morgan fingerprint density at radius 3 is 2.85 bits per heavy atom. The fourth-order valence-corrected chi connectivity index (χ4v) is 1.33. The summed E-state index contributed by atoms with van der Waals surface area (Å²) in [5.74, 6) is -0.937.